The van der Waals surface area contributed by atoms with Crippen molar-refractivity contribution in [3.05, 3.63) is 23.5 Å². The molecule has 2 rings (SSSR count). The Morgan fingerprint density at radius 1 is 1.31 bits per heavy atom. The minimum atomic E-state index is -0.318. The van der Waals surface area contributed by atoms with Crippen molar-refractivity contribution in [2.75, 3.05) is 19.8 Å². The molecule has 0 fully saturated rings. The van der Waals surface area contributed by atoms with Crippen molar-refractivity contribution in [2.45, 2.75) is 12.8 Å². The van der Waals surface area contributed by atoms with Crippen LogP contribution in [0.2, 0.25) is 0 Å². The molecule has 0 amide bonds. The molecule has 1 heterocycles. The van der Waals surface area contributed by atoms with Gasteiger partial charge in [0.25, 0.3) is 0 Å². The molecular weight excluding hydrogens is 213 g/mol. The number of hydrogen-bond donors (Lipinski definition) is 1. The molecule has 1 aliphatic heterocycles. The lowest BCUT2D eigenvalue weighted by Gasteiger charge is -2.12. The van der Waals surface area contributed by atoms with E-state index in [-0.39, 0.29) is 12.4 Å². The lowest BCUT2D eigenvalue weighted by Crippen LogP contribution is -2.07. The van der Waals surface area contributed by atoms with E-state index in [1.807, 2.05) is 0 Å². The maximum Gasteiger partial charge on any atom is 0.167 e. The summed E-state index contributed by atoms with van der Waals surface area (Å²) in [6, 6.07) is 2.96. The summed E-state index contributed by atoms with van der Waals surface area (Å²) in [4.78, 5) is 4.46. The van der Waals surface area contributed by atoms with E-state index in [0.717, 1.165) is 6.42 Å². The summed E-state index contributed by atoms with van der Waals surface area (Å²) in [5.74, 6) is 5.69. The van der Waals surface area contributed by atoms with Crippen LogP contribution in [0.25, 0.3) is 0 Å². The van der Waals surface area contributed by atoms with Gasteiger partial charge in [-0.3, -0.25) is 0 Å². The molecule has 0 bridgehead atoms. The van der Waals surface area contributed by atoms with E-state index < -0.39 is 0 Å². The Morgan fingerprint density at radius 3 is 2.94 bits per heavy atom. The van der Waals surface area contributed by atoms with Gasteiger partial charge in [0.05, 0.1) is 19.8 Å². The lowest BCUT2D eigenvalue weighted by atomic mass is 10.1. The van der Waals surface area contributed by atoms with Crippen LogP contribution in [-0.4, -0.2) is 19.8 Å². The van der Waals surface area contributed by atoms with E-state index in [1.54, 1.807) is 6.07 Å². The van der Waals surface area contributed by atoms with Gasteiger partial charge in [-0.15, -0.1) is 0 Å². The first-order valence-electron chi connectivity index (χ1n) is 5.21. The topological polar surface area (TPSA) is 53.7 Å². The first kappa shape index (κ1) is 11.2. The number of benzene rings is 1. The summed E-state index contributed by atoms with van der Waals surface area (Å²) in [5, 5.41) is 0. The zero-order valence-corrected chi connectivity index (χ0v) is 8.87. The molecule has 4 nitrogen and oxygen atoms in total. The van der Waals surface area contributed by atoms with Crippen molar-refractivity contribution in [1.29, 1.82) is 0 Å². The van der Waals surface area contributed by atoms with E-state index in [2.05, 4.69) is 4.84 Å². The van der Waals surface area contributed by atoms with Crippen molar-refractivity contribution >= 4 is 0 Å². The predicted molar refractivity (Wildman–Crippen MR) is 55.9 cm³/mol. The number of ether oxygens (including phenoxy) is 2. The van der Waals surface area contributed by atoms with Crippen LogP contribution < -0.4 is 15.4 Å². The monoisotopic (exact) mass is 227 g/mol. The van der Waals surface area contributed by atoms with E-state index in [0.29, 0.717) is 36.7 Å². The Kier molecular flexibility index (Phi) is 3.58. The number of fused-ring (bicyclic) bond motifs is 1. The Morgan fingerprint density at radius 2 is 2.12 bits per heavy atom. The molecule has 0 saturated carbocycles. The van der Waals surface area contributed by atoms with Gasteiger partial charge in [0.15, 0.2) is 11.5 Å². The summed E-state index contributed by atoms with van der Waals surface area (Å²) in [7, 11) is 0. The molecule has 5 heteroatoms. The van der Waals surface area contributed by atoms with Crippen molar-refractivity contribution < 1.29 is 18.7 Å². The quantitative estimate of drug-likeness (QED) is 0.793. The zero-order chi connectivity index (χ0) is 11.4. The van der Waals surface area contributed by atoms with Crippen molar-refractivity contribution in [1.82, 2.24) is 0 Å². The van der Waals surface area contributed by atoms with Crippen LogP contribution in [0, 0.1) is 5.82 Å². The molecule has 0 aliphatic carbocycles. The highest BCUT2D eigenvalue weighted by atomic mass is 19.1. The molecule has 16 heavy (non-hydrogen) atoms. The van der Waals surface area contributed by atoms with Crippen LogP contribution in [-0.2, 0) is 11.3 Å². The van der Waals surface area contributed by atoms with Crippen molar-refractivity contribution in [3.8, 4) is 11.5 Å². The molecular formula is C11H14FNO3. The molecule has 1 aromatic rings. The molecule has 0 spiro atoms. The molecule has 0 radical (unpaired) electrons. The first-order chi connectivity index (χ1) is 7.83. The van der Waals surface area contributed by atoms with Gasteiger partial charge >= 0.3 is 0 Å². The number of rotatable bonds is 3. The van der Waals surface area contributed by atoms with Gasteiger partial charge in [-0.25, -0.2) is 10.3 Å². The van der Waals surface area contributed by atoms with Gasteiger partial charge < -0.3 is 14.3 Å². The van der Waals surface area contributed by atoms with Crippen molar-refractivity contribution in [3.63, 3.8) is 0 Å². The molecule has 0 atom stereocenters. The Balaban J connectivity index is 2.32. The summed E-state index contributed by atoms with van der Waals surface area (Å²) >= 11 is 0. The Hall–Kier alpha value is -1.33. The molecule has 0 aromatic heterocycles. The van der Waals surface area contributed by atoms with Crippen LogP contribution in [0.4, 0.5) is 4.39 Å². The van der Waals surface area contributed by atoms with E-state index in [1.165, 1.54) is 6.07 Å². The minimum absolute atomic E-state index is 0.247. The van der Waals surface area contributed by atoms with E-state index >= 15 is 0 Å². The van der Waals surface area contributed by atoms with Crippen LogP contribution in [0.3, 0.4) is 0 Å². The smallest absolute Gasteiger partial charge is 0.167 e. The maximum atomic E-state index is 13.6. The molecule has 88 valence electrons. The van der Waals surface area contributed by atoms with Crippen LogP contribution in [0.15, 0.2) is 12.1 Å². The third kappa shape index (κ3) is 2.25. The SMILES string of the molecule is NOCCc1c(F)ccc2c1OCCCO2. The lowest BCUT2D eigenvalue weighted by molar-refractivity contribution is 0.140. The molecule has 0 saturated heterocycles. The average molecular weight is 227 g/mol. The standard InChI is InChI=1S/C11H14FNO3/c12-9-2-3-10-11(8(9)4-7-16-13)15-6-1-5-14-10/h2-3H,1,4-7,13H2. The van der Waals surface area contributed by atoms with Crippen molar-refractivity contribution in [2.24, 2.45) is 5.90 Å². The van der Waals surface area contributed by atoms with Gasteiger partial charge in [-0.05, 0) is 12.1 Å². The highest BCUT2D eigenvalue weighted by Crippen LogP contribution is 2.35. The fourth-order valence-corrected chi connectivity index (χ4v) is 1.66. The zero-order valence-electron chi connectivity index (χ0n) is 8.87. The fraction of sp³-hybridized carbons (Fsp3) is 0.455. The van der Waals surface area contributed by atoms with Gasteiger partial charge in [-0.2, -0.15) is 0 Å². The highest BCUT2D eigenvalue weighted by Gasteiger charge is 2.18. The van der Waals surface area contributed by atoms with E-state index in [9.17, 15) is 4.39 Å². The number of halogens is 1. The van der Waals surface area contributed by atoms with Gasteiger partial charge in [-0.1, -0.05) is 0 Å². The van der Waals surface area contributed by atoms with Crippen LogP contribution in [0.5, 0.6) is 11.5 Å². The van der Waals surface area contributed by atoms with Crippen LogP contribution >= 0.6 is 0 Å². The summed E-state index contributed by atoms with van der Waals surface area (Å²) in [6.07, 6.45) is 1.16. The predicted octanol–water partition coefficient (Wildman–Crippen LogP) is 1.42. The second-order valence-corrected chi connectivity index (χ2v) is 3.52. The highest BCUT2D eigenvalue weighted by molar-refractivity contribution is 5.48. The van der Waals surface area contributed by atoms with Gasteiger partial charge in [0.1, 0.15) is 5.82 Å². The first-order valence-corrected chi connectivity index (χ1v) is 5.21. The van der Waals surface area contributed by atoms with Gasteiger partial charge in [0.2, 0.25) is 0 Å². The molecule has 0 unspecified atom stereocenters. The van der Waals surface area contributed by atoms with E-state index in [4.69, 9.17) is 15.4 Å². The second kappa shape index (κ2) is 5.14. The molecule has 1 aliphatic rings. The summed E-state index contributed by atoms with van der Waals surface area (Å²) in [6.45, 7) is 1.37. The third-order valence-electron chi connectivity index (χ3n) is 2.43. The second-order valence-electron chi connectivity index (χ2n) is 3.52. The number of nitrogens with two attached hydrogens (primary N) is 1. The molecule has 1 aromatic carbocycles. The normalized spacial score (nSPS) is 14.6. The largest absolute Gasteiger partial charge is 0.490 e. The summed E-state index contributed by atoms with van der Waals surface area (Å²) < 4.78 is 24.6. The third-order valence-corrected chi connectivity index (χ3v) is 2.43. The Bertz CT molecular complexity index is 370. The molecule has 2 N–H and O–H groups in total. The fourth-order valence-electron chi connectivity index (χ4n) is 1.66. The number of hydrogen-bond acceptors (Lipinski definition) is 4. The summed E-state index contributed by atoms with van der Waals surface area (Å²) in [5.41, 5.74) is 0.463. The van der Waals surface area contributed by atoms with Crippen LogP contribution in [0.1, 0.15) is 12.0 Å². The minimum Gasteiger partial charge on any atom is -0.490 e. The average Bonchev–Trinajstić information content (AvgIpc) is 2.53. The Labute approximate surface area is 93.1 Å². The maximum absolute atomic E-state index is 13.6. The van der Waals surface area contributed by atoms with Gasteiger partial charge in [0, 0.05) is 18.4 Å².